The maximum atomic E-state index is 11.5. The third-order valence-corrected chi connectivity index (χ3v) is 4.05. The third-order valence-electron chi connectivity index (χ3n) is 3.23. The molecule has 8 heteroatoms. The van der Waals surface area contributed by atoms with E-state index >= 15 is 0 Å². The van der Waals surface area contributed by atoms with Crippen molar-refractivity contribution in [2.75, 3.05) is 26.7 Å². The Hall–Kier alpha value is -0.900. The number of amides is 1. The molecule has 124 valence electrons. The molecule has 0 radical (unpaired) electrons. The average molecular weight is 437 g/mol. The monoisotopic (exact) mass is 437 g/mol. The molecule has 1 aliphatic rings. The smallest absolute Gasteiger partial charge is 0.223 e. The second-order valence-corrected chi connectivity index (χ2v) is 6.16. The van der Waals surface area contributed by atoms with E-state index in [1.54, 1.807) is 18.4 Å². The van der Waals surface area contributed by atoms with E-state index in [1.807, 2.05) is 6.92 Å². The fourth-order valence-electron chi connectivity index (χ4n) is 1.91. The van der Waals surface area contributed by atoms with Gasteiger partial charge < -0.3 is 16.0 Å². The van der Waals surface area contributed by atoms with Crippen LogP contribution < -0.4 is 16.0 Å². The number of hydrogen-bond donors (Lipinski definition) is 3. The largest absolute Gasteiger partial charge is 0.356 e. The molecule has 0 atom stereocenters. The van der Waals surface area contributed by atoms with Crippen molar-refractivity contribution < 1.29 is 4.79 Å². The van der Waals surface area contributed by atoms with Gasteiger partial charge in [-0.25, -0.2) is 4.98 Å². The zero-order valence-electron chi connectivity index (χ0n) is 13.0. The van der Waals surface area contributed by atoms with Crippen molar-refractivity contribution in [2.45, 2.75) is 26.2 Å². The molecule has 1 aromatic rings. The first-order valence-electron chi connectivity index (χ1n) is 7.32. The predicted molar refractivity (Wildman–Crippen MR) is 101 cm³/mol. The first-order valence-corrected chi connectivity index (χ1v) is 8.20. The molecule has 1 heterocycles. The summed E-state index contributed by atoms with van der Waals surface area (Å²) in [5, 5.41) is 12.5. The molecule has 1 aliphatic carbocycles. The van der Waals surface area contributed by atoms with Crippen LogP contribution in [0.2, 0.25) is 0 Å². The predicted octanol–water partition coefficient (Wildman–Crippen LogP) is 1.30. The minimum absolute atomic E-state index is 0. The number of guanidine groups is 1. The highest BCUT2D eigenvalue weighted by atomic mass is 127. The van der Waals surface area contributed by atoms with Gasteiger partial charge in [0.05, 0.1) is 10.7 Å². The van der Waals surface area contributed by atoms with Crippen LogP contribution in [-0.4, -0.2) is 43.5 Å². The molecular weight excluding hydrogens is 413 g/mol. The fourth-order valence-corrected chi connectivity index (χ4v) is 2.56. The van der Waals surface area contributed by atoms with Crippen molar-refractivity contribution >= 4 is 47.2 Å². The highest BCUT2D eigenvalue weighted by Crippen LogP contribution is 2.28. The molecule has 6 nitrogen and oxygen atoms in total. The molecule has 0 saturated heterocycles. The van der Waals surface area contributed by atoms with Crippen LogP contribution in [0.1, 0.15) is 23.5 Å². The Labute approximate surface area is 152 Å². The normalized spacial score (nSPS) is 14.2. The molecular formula is C14H24IN5OS. The van der Waals surface area contributed by atoms with Crippen molar-refractivity contribution in [3.05, 3.63) is 16.1 Å². The Kier molecular flexibility index (Phi) is 8.69. The van der Waals surface area contributed by atoms with Gasteiger partial charge in [0.1, 0.15) is 0 Å². The minimum Gasteiger partial charge on any atom is -0.356 e. The number of halogens is 1. The average Bonchev–Trinajstić information content (AvgIpc) is 3.25. The van der Waals surface area contributed by atoms with Gasteiger partial charge in [-0.1, -0.05) is 0 Å². The minimum atomic E-state index is 0. The van der Waals surface area contributed by atoms with Gasteiger partial charge in [-0.3, -0.25) is 9.79 Å². The molecule has 0 unspecified atom stereocenters. The summed E-state index contributed by atoms with van der Waals surface area (Å²) in [4.78, 5) is 20.0. The lowest BCUT2D eigenvalue weighted by atomic mass is 10.3. The second-order valence-electron chi connectivity index (χ2n) is 5.10. The summed E-state index contributed by atoms with van der Waals surface area (Å²) in [5.41, 5.74) is 1.11. The van der Waals surface area contributed by atoms with Gasteiger partial charge in [0.2, 0.25) is 5.91 Å². The molecule has 1 fully saturated rings. The van der Waals surface area contributed by atoms with Crippen LogP contribution in [0.25, 0.3) is 0 Å². The molecule has 3 N–H and O–H groups in total. The van der Waals surface area contributed by atoms with Gasteiger partial charge in [-0.15, -0.1) is 35.3 Å². The zero-order valence-corrected chi connectivity index (χ0v) is 16.2. The van der Waals surface area contributed by atoms with Gasteiger partial charge in [0.25, 0.3) is 0 Å². The third kappa shape index (κ3) is 6.91. The van der Waals surface area contributed by atoms with Crippen molar-refractivity contribution in [3.63, 3.8) is 0 Å². The van der Waals surface area contributed by atoms with Gasteiger partial charge in [-0.05, 0) is 19.8 Å². The Balaban J connectivity index is 0.00000242. The van der Waals surface area contributed by atoms with E-state index in [0.29, 0.717) is 13.1 Å². The molecule has 1 aromatic heterocycles. The zero-order chi connectivity index (χ0) is 15.1. The summed E-state index contributed by atoms with van der Waals surface area (Å²) in [6, 6.07) is 0. The lowest BCUT2D eigenvalue weighted by Gasteiger charge is -2.11. The second kappa shape index (κ2) is 9.98. The fraction of sp³-hybridized carbons (Fsp3) is 0.643. The van der Waals surface area contributed by atoms with E-state index < -0.39 is 0 Å². The van der Waals surface area contributed by atoms with E-state index in [4.69, 9.17) is 0 Å². The van der Waals surface area contributed by atoms with Crippen molar-refractivity contribution in [1.29, 1.82) is 0 Å². The Bertz CT molecular complexity index is 501. The topological polar surface area (TPSA) is 78.4 Å². The van der Waals surface area contributed by atoms with Crippen LogP contribution >= 0.6 is 35.3 Å². The number of carbonyl (C=O) groups excluding carboxylic acids is 1. The summed E-state index contributed by atoms with van der Waals surface area (Å²) in [6.07, 6.45) is 2.96. The molecule has 22 heavy (non-hydrogen) atoms. The highest BCUT2D eigenvalue weighted by molar-refractivity contribution is 14.0. The maximum Gasteiger partial charge on any atom is 0.223 e. The molecule has 1 saturated carbocycles. The molecule has 0 bridgehead atoms. The number of aliphatic imine (C=N–C) groups is 1. The van der Waals surface area contributed by atoms with Crippen LogP contribution in [-0.2, 0) is 11.2 Å². The molecule has 0 aromatic carbocycles. The van der Waals surface area contributed by atoms with Crippen LogP contribution in [0.15, 0.2) is 10.4 Å². The summed E-state index contributed by atoms with van der Waals surface area (Å²) >= 11 is 1.67. The number of rotatable bonds is 7. The van der Waals surface area contributed by atoms with E-state index in [0.717, 1.165) is 42.5 Å². The highest BCUT2D eigenvalue weighted by Gasteiger charge is 2.28. The van der Waals surface area contributed by atoms with Gasteiger partial charge in [0.15, 0.2) is 5.96 Å². The Morgan fingerprint density at radius 1 is 1.32 bits per heavy atom. The summed E-state index contributed by atoms with van der Waals surface area (Å²) < 4.78 is 0. The SMILES string of the molecule is CN=C(NCCNC(=O)C1CC1)NCCc1csc(C)n1.I. The number of aromatic nitrogens is 1. The van der Waals surface area contributed by atoms with Gasteiger partial charge in [0, 0.05) is 44.4 Å². The first kappa shape index (κ1) is 19.1. The molecule has 1 amide bonds. The van der Waals surface area contributed by atoms with E-state index in [2.05, 4.69) is 31.3 Å². The van der Waals surface area contributed by atoms with E-state index in [-0.39, 0.29) is 35.8 Å². The molecule has 2 rings (SSSR count). The van der Waals surface area contributed by atoms with E-state index in [9.17, 15) is 4.79 Å². The van der Waals surface area contributed by atoms with Crippen molar-refractivity contribution in [3.8, 4) is 0 Å². The Morgan fingerprint density at radius 2 is 2.00 bits per heavy atom. The summed E-state index contributed by atoms with van der Waals surface area (Å²) in [5.74, 6) is 1.20. The standard InChI is InChI=1S/C14H23N5OS.HI/c1-10-19-12(9-21-10)5-6-17-14(15-2)18-8-7-16-13(20)11-3-4-11;/h9,11H,3-8H2,1-2H3,(H,16,20)(H2,15,17,18);1H. The van der Waals surface area contributed by atoms with Crippen molar-refractivity contribution in [2.24, 2.45) is 10.9 Å². The van der Waals surface area contributed by atoms with Crippen LogP contribution in [0.3, 0.4) is 0 Å². The number of thiazole rings is 1. The number of carbonyl (C=O) groups is 1. The number of aryl methyl sites for hydroxylation is 1. The number of nitrogens with one attached hydrogen (secondary N) is 3. The lowest BCUT2D eigenvalue weighted by molar-refractivity contribution is -0.122. The van der Waals surface area contributed by atoms with Crippen LogP contribution in [0, 0.1) is 12.8 Å². The number of nitrogens with zero attached hydrogens (tertiary/aromatic N) is 2. The number of hydrogen-bond acceptors (Lipinski definition) is 4. The lowest BCUT2D eigenvalue weighted by Crippen LogP contribution is -2.42. The van der Waals surface area contributed by atoms with Crippen LogP contribution in [0.4, 0.5) is 0 Å². The first-order chi connectivity index (χ1) is 10.2. The summed E-state index contributed by atoms with van der Waals surface area (Å²) in [6.45, 7) is 4.10. The van der Waals surface area contributed by atoms with Crippen LogP contribution in [0.5, 0.6) is 0 Å². The van der Waals surface area contributed by atoms with Gasteiger partial charge >= 0.3 is 0 Å². The van der Waals surface area contributed by atoms with Gasteiger partial charge in [-0.2, -0.15) is 0 Å². The quantitative estimate of drug-likeness (QED) is 0.260. The summed E-state index contributed by atoms with van der Waals surface area (Å²) in [7, 11) is 1.74. The molecule has 0 aliphatic heterocycles. The molecule has 0 spiro atoms. The Morgan fingerprint density at radius 3 is 2.59 bits per heavy atom. The maximum absolute atomic E-state index is 11.5. The van der Waals surface area contributed by atoms with Crippen molar-refractivity contribution in [1.82, 2.24) is 20.9 Å². The van der Waals surface area contributed by atoms with E-state index in [1.165, 1.54) is 0 Å².